The van der Waals surface area contributed by atoms with Crippen molar-refractivity contribution in [1.82, 2.24) is 9.88 Å². The maximum atomic E-state index is 13.4. The number of halogens is 1. The fourth-order valence-corrected chi connectivity index (χ4v) is 2.61. The van der Waals surface area contributed by atoms with Crippen LogP contribution >= 0.6 is 0 Å². The second kappa shape index (κ2) is 4.73. The number of aryl methyl sites for hydroxylation is 1. The molecule has 1 fully saturated rings. The summed E-state index contributed by atoms with van der Waals surface area (Å²) >= 11 is 0. The fourth-order valence-electron chi connectivity index (χ4n) is 2.61. The second-order valence-corrected chi connectivity index (χ2v) is 5.11. The van der Waals surface area contributed by atoms with Gasteiger partial charge in [-0.3, -0.25) is 0 Å². The van der Waals surface area contributed by atoms with Crippen molar-refractivity contribution in [3.05, 3.63) is 35.8 Å². The molecule has 0 unspecified atom stereocenters. The molecule has 1 aliphatic carbocycles. The SMILES string of the molecule is CCn1cc(CNC2CCC2)c2cc(F)ccc21. The molecular formula is C15H19FN2. The Morgan fingerprint density at radius 2 is 2.22 bits per heavy atom. The van der Waals surface area contributed by atoms with E-state index in [0.717, 1.165) is 24.0 Å². The van der Waals surface area contributed by atoms with Crippen LogP contribution in [0.1, 0.15) is 31.7 Å². The number of aromatic nitrogens is 1. The molecule has 0 amide bonds. The zero-order valence-electron chi connectivity index (χ0n) is 10.7. The monoisotopic (exact) mass is 246 g/mol. The smallest absolute Gasteiger partial charge is 0.123 e. The van der Waals surface area contributed by atoms with Gasteiger partial charge in [0.25, 0.3) is 0 Å². The number of rotatable bonds is 4. The lowest BCUT2D eigenvalue weighted by Crippen LogP contribution is -2.34. The Hall–Kier alpha value is -1.35. The summed E-state index contributed by atoms with van der Waals surface area (Å²) < 4.78 is 15.6. The van der Waals surface area contributed by atoms with Crippen molar-refractivity contribution in [2.45, 2.75) is 45.3 Å². The van der Waals surface area contributed by atoms with Crippen LogP contribution in [-0.2, 0) is 13.1 Å². The van der Waals surface area contributed by atoms with E-state index >= 15 is 0 Å². The van der Waals surface area contributed by atoms with Gasteiger partial charge in [0.05, 0.1) is 0 Å². The number of hydrogen-bond acceptors (Lipinski definition) is 1. The van der Waals surface area contributed by atoms with E-state index in [9.17, 15) is 4.39 Å². The lowest BCUT2D eigenvalue weighted by atomic mass is 9.93. The fraction of sp³-hybridized carbons (Fsp3) is 0.467. The molecule has 96 valence electrons. The maximum absolute atomic E-state index is 13.4. The normalized spacial score (nSPS) is 16.1. The molecule has 0 spiro atoms. The maximum Gasteiger partial charge on any atom is 0.123 e. The van der Waals surface area contributed by atoms with E-state index in [1.54, 1.807) is 6.07 Å². The van der Waals surface area contributed by atoms with Gasteiger partial charge in [0.2, 0.25) is 0 Å². The van der Waals surface area contributed by atoms with Crippen molar-refractivity contribution in [1.29, 1.82) is 0 Å². The molecule has 3 rings (SSSR count). The van der Waals surface area contributed by atoms with E-state index in [1.807, 2.05) is 6.07 Å². The summed E-state index contributed by atoms with van der Waals surface area (Å²) in [6.45, 7) is 3.88. The number of nitrogens with zero attached hydrogens (tertiary/aromatic N) is 1. The number of nitrogens with one attached hydrogen (secondary N) is 1. The van der Waals surface area contributed by atoms with Crippen LogP contribution in [0.25, 0.3) is 10.9 Å². The van der Waals surface area contributed by atoms with E-state index in [2.05, 4.69) is 23.0 Å². The lowest BCUT2D eigenvalue weighted by Gasteiger charge is -2.26. The van der Waals surface area contributed by atoms with Gasteiger partial charge in [0, 0.05) is 36.2 Å². The first-order valence-corrected chi connectivity index (χ1v) is 6.78. The third kappa shape index (κ3) is 2.03. The molecule has 0 bridgehead atoms. The average molecular weight is 246 g/mol. The summed E-state index contributed by atoms with van der Waals surface area (Å²) in [5, 5.41) is 4.59. The molecule has 0 saturated heterocycles. The van der Waals surface area contributed by atoms with Gasteiger partial charge in [-0.1, -0.05) is 6.42 Å². The summed E-state index contributed by atoms with van der Waals surface area (Å²) in [5.41, 5.74) is 2.34. The first kappa shape index (κ1) is 11.7. The zero-order valence-corrected chi connectivity index (χ0v) is 10.7. The predicted octanol–water partition coefficient (Wildman–Crippen LogP) is 3.44. The minimum atomic E-state index is -0.152. The lowest BCUT2D eigenvalue weighted by molar-refractivity contribution is 0.338. The van der Waals surface area contributed by atoms with E-state index < -0.39 is 0 Å². The van der Waals surface area contributed by atoms with Gasteiger partial charge >= 0.3 is 0 Å². The van der Waals surface area contributed by atoms with E-state index in [0.29, 0.717) is 6.04 Å². The van der Waals surface area contributed by atoms with Crippen LogP contribution in [0.5, 0.6) is 0 Å². The summed E-state index contributed by atoms with van der Waals surface area (Å²) in [7, 11) is 0. The highest BCUT2D eigenvalue weighted by molar-refractivity contribution is 5.84. The highest BCUT2D eigenvalue weighted by atomic mass is 19.1. The van der Waals surface area contributed by atoms with Gasteiger partial charge < -0.3 is 9.88 Å². The Balaban J connectivity index is 1.91. The van der Waals surface area contributed by atoms with E-state index in [-0.39, 0.29) is 5.82 Å². The third-order valence-corrected chi connectivity index (χ3v) is 3.95. The van der Waals surface area contributed by atoms with Gasteiger partial charge in [-0.05, 0) is 43.5 Å². The molecule has 1 aromatic carbocycles. The first-order valence-electron chi connectivity index (χ1n) is 6.78. The van der Waals surface area contributed by atoms with Crippen LogP contribution in [0.2, 0.25) is 0 Å². The van der Waals surface area contributed by atoms with Gasteiger partial charge in [-0.15, -0.1) is 0 Å². The quantitative estimate of drug-likeness (QED) is 0.874. The highest BCUT2D eigenvalue weighted by Gasteiger charge is 2.17. The minimum absolute atomic E-state index is 0.152. The number of fused-ring (bicyclic) bond motifs is 1. The molecule has 1 saturated carbocycles. The molecule has 0 atom stereocenters. The second-order valence-electron chi connectivity index (χ2n) is 5.11. The largest absolute Gasteiger partial charge is 0.347 e. The molecule has 1 heterocycles. The molecule has 1 N–H and O–H groups in total. The van der Waals surface area contributed by atoms with Crippen LogP contribution in [0.15, 0.2) is 24.4 Å². The molecule has 3 heteroatoms. The zero-order chi connectivity index (χ0) is 12.5. The topological polar surface area (TPSA) is 17.0 Å². The Kier molecular flexibility index (Phi) is 3.08. The summed E-state index contributed by atoms with van der Waals surface area (Å²) in [5.74, 6) is -0.152. The Bertz CT molecular complexity index is 555. The number of benzene rings is 1. The van der Waals surface area contributed by atoms with Crippen molar-refractivity contribution in [3.8, 4) is 0 Å². The molecule has 1 aliphatic rings. The molecule has 0 radical (unpaired) electrons. The van der Waals surface area contributed by atoms with Crippen molar-refractivity contribution in [2.75, 3.05) is 0 Å². The summed E-state index contributed by atoms with van der Waals surface area (Å²) in [4.78, 5) is 0. The molecule has 2 nitrogen and oxygen atoms in total. The predicted molar refractivity (Wildman–Crippen MR) is 72.0 cm³/mol. The molecule has 1 aromatic heterocycles. The molecule has 0 aliphatic heterocycles. The highest BCUT2D eigenvalue weighted by Crippen LogP contribution is 2.24. The average Bonchev–Trinajstić information content (AvgIpc) is 2.65. The Morgan fingerprint density at radius 1 is 1.39 bits per heavy atom. The van der Waals surface area contributed by atoms with E-state index in [4.69, 9.17) is 0 Å². The molecule has 2 aromatic rings. The van der Waals surface area contributed by atoms with Gasteiger partial charge in [-0.25, -0.2) is 4.39 Å². The van der Waals surface area contributed by atoms with Crippen molar-refractivity contribution in [3.63, 3.8) is 0 Å². The van der Waals surface area contributed by atoms with Crippen molar-refractivity contribution >= 4 is 10.9 Å². The first-order chi connectivity index (χ1) is 8.78. The van der Waals surface area contributed by atoms with Crippen LogP contribution in [0, 0.1) is 5.82 Å². The van der Waals surface area contributed by atoms with Crippen molar-refractivity contribution in [2.24, 2.45) is 0 Å². The number of hydrogen-bond donors (Lipinski definition) is 1. The van der Waals surface area contributed by atoms with Crippen LogP contribution in [0.4, 0.5) is 4.39 Å². The van der Waals surface area contributed by atoms with E-state index in [1.165, 1.54) is 30.9 Å². The third-order valence-electron chi connectivity index (χ3n) is 3.95. The van der Waals surface area contributed by atoms with Crippen LogP contribution in [0.3, 0.4) is 0 Å². The standard InChI is InChI=1S/C15H19FN2/c1-2-18-10-11(9-17-13-4-3-5-13)14-8-12(16)6-7-15(14)18/h6-8,10,13,17H,2-5,9H2,1H3. The van der Waals surface area contributed by atoms with Gasteiger partial charge in [0.1, 0.15) is 5.82 Å². The van der Waals surface area contributed by atoms with Crippen LogP contribution < -0.4 is 5.32 Å². The van der Waals surface area contributed by atoms with Crippen molar-refractivity contribution < 1.29 is 4.39 Å². The minimum Gasteiger partial charge on any atom is -0.347 e. The van der Waals surface area contributed by atoms with Crippen LogP contribution in [-0.4, -0.2) is 10.6 Å². The molecule has 18 heavy (non-hydrogen) atoms. The molecular weight excluding hydrogens is 227 g/mol. The Labute approximate surface area is 107 Å². The summed E-state index contributed by atoms with van der Waals surface area (Å²) in [6.07, 6.45) is 6.04. The Morgan fingerprint density at radius 3 is 2.89 bits per heavy atom. The van der Waals surface area contributed by atoms with Gasteiger partial charge in [-0.2, -0.15) is 0 Å². The summed E-state index contributed by atoms with van der Waals surface area (Å²) in [6, 6.07) is 5.73. The van der Waals surface area contributed by atoms with Gasteiger partial charge in [0.15, 0.2) is 0 Å².